The number of benzene rings is 1. The minimum atomic E-state index is -0.409. The summed E-state index contributed by atoms with van der Waals surface area (Å²) in [6.45, 7) is 2.16. The minimum absolute atomic E-state index is 0.409. The van der Waals surface area contributed by atoms with Crippen LogP contribution in [0.15, 0.2) is 22.7 Å². The molecule has 0 N–H and O–H groups in total. The van der Waals surface area contributed by atoms with Crippen LogP contribution in [0.5, 0.6) is 0 Å². The molecule has 0 aromatic heterocycles. The molecule has 0 saturated heterocycles. The summed E-state index contributed by atoms with van der Waals surface area (Å²) < 4.78 is 0.970. The Hall–Kier alpha value is -0.340. The third kappa shape index (κ3) is 3.10. The van der Waals surface area contributed by atoms with Gasteiger partial charge >= 0.3 is 0 Å². The van der Waals surface area contributed by atoms with E-state index >= 15 is 0 Å². The molecule has 0 spiro atoms. The van der Waals surface area contributed by atoms with E-state index in [0.717, 1.165) is 17.3 Å². The molecule has 0 aliphatic carbocycles. The second kappa shape index (κ2) is 5.52. The van der Waals surface area contributed by atoms with Crippen molar-refractivity contribution in [1.82, 2.24) is 0 Å². The Morgan fingerprint density at radius 1 is 1.50 bits per heavy atom. The van der Waals surface area contributed by atoms with Crippen molar-refractivity contribution in [2.24, 2.45) is 0 Å². The van der Waals surface area contributed by atoms with Crippen molar-refractivity contribution < 1.29 is 4.79 Å². The molecule has 0 atom stereocenters. The van der Waals surface area contributed by atoms with E-state index in [1.165, 1.54) is 12.0 Å². The molecule has 1 nitrogen and oxygen atoms in total. The Labute approximate surface area is 97.6 Å². The lowest BCUT2D eigenvalue weighted by Crippen LogP contribution is -1.92. The highest BCUT2D eigenvalue weighted by Crippen LogP contribution is 2.21. The number of rotatable bonds is 4. The monoisotopic (exact) mass is 274 g/mol. The van der Waals surface area contributed by atoms with Gasteiger partial charge in [-0.3, -0.25) is 4.79 Å². The van der Waals surface area contributed by atoms with Crippen LogP contribution < -0.4 is 0 Å². The molecule has 0 unspecified atom stereocenters. The van der Waals surface area contributed by atoms with E-state index in [-0.39, 0.29) is 0 Å². The molecule has 0 bridgehead atoms. The van der Waals surface area contributed by atoms with Crippen LogP contribution in [-0.4, -0.2) is 5.24 Å². The van der Waals surface area contributed by atoms with Crippen molar-refractivity contribution in [2.45, 2.75) is 26.2 Å². The van der Waals surface area contributed by atoms with Gasteiger partial charge in [0.2, 0.25) is 0 Å². The highest BCUT2D eigenvalue weighted by Gasteiger charge is 2.05. The fourth-order valence-corrected chi connectivity index (χ4v) is 1.93. The van der Waals surface area contributed by atoms with E-state index in [0.29, 0.717) is 5.56 Å². The van der Waals surface area contributed by atoms with Crippen LogP contribution in [0, 0.1) is 0 Å². The molecule has 3 heteroatoms. The number of hydrogen-bond acceptors (Lipinski definition) is 1. The lowest BCUT2D eigenvalue weighted by atomic mass is 10.1. The maximum atomic E-state index is 10.9. The minimum Gasteiger partial charge on any atom is -0.276 e. The summed E-state index contributed by atoms with van der Waals surface area (Å²) in [6, 6.07) is 5.50. The standard InChI is InChI=1S/C11H12BrClO/c1-2-3-4-8-5-6-9(11(13)14)7-10(8)12/h5-7H,2-4H2,1H3. The first-order valence-electron chi connectivity index (χ1n) is 4.63. The zero-order valence-electron chi connectivity index (χ0n) is 8.02. The highest BCUT2D eigenvalue weighted by atomic mass is 79.9. The van der Waals surface area contributed by atoms with E-state index in [9.17, 15) is 4.79 Å². The van der Waals surface area contributed by atoms with Gasteiger partial charge in [-0.05, 0) is 42.1 Å². The lowest BCUT2D eigenvalue weighted by molar-refractivity contribution is 0.108. The van der Waals surface area contributed by atoms with Gasteiger partial charge in [0.05, 0.1) is 0 Å². The maximum absolute atomic E-state index is 10.9. The van der Waals surface area contributed by atoms with Gasteiger partial charge in [0, 0.05) is 10.0 Å². The fourth-order valence-electron chi connectivity index (χ4n) is 1.24. The molecule has 0 aliphatic rings. The van der Waals surface area contributed by atoms with Crippen molar-refractivity contribution in [1.29, 1.82) is 0 Å². The van der Waals surface area contributed by atoms with Crippen LogP contribution in [0.3, 0.4) is 0 Å². The van der Waals surface area contributed by atoms with Crippen molar-refractivity contribution in [3.8, 4) is 0 Å². The average molecular weight is 276 g/mol. The van der Waals surface area contributed by atoms with Gasteiger partial charge in [-0.15, -0.1) is 0 Å². The molecule has 0 fully saturated rings. The summed E-state index contributed by atoms with van der Waals surface area (Å²) in [5.74, 6) is 0. The first-order valence-corrected chi connectivity index (χ1v) is 5.80. The van der Waals surface area contributed by atoms with Crippen molar-refractivity contribution in [3.63, 3.8) is 0 Å². The van der Waals surface area contributed by atoms with Gasteiger partial charge in [-0.2, -0.15) is 0 Å². The average Bonchev–Trinajstić information content (AvgIpc) is 2.15. The number of halogens is 2. The smallest absolute Gasteiger partial charge is 0.252 e. The molecule has 0 radical (unpaired) electrons. The summed E-state index contributed by atoms with van der Waals surface area (Å²) in [5, 5.41) is -0.409. The SMILES string of the molecule is CCCCc1ccc(C(=O)Cl)cc1Br. The van der Waals surface area contributed by atoms with Gasteiger partial charge < -0.3 is 0 Å². The van der Waals surface area contributed by atoms with Gasteiger partial charge in [-0.25, -0.2) is 0 Å². The Morgan fingerprint density at radius 2 is 2.21 bits per heavy atom. The van der Waals surface area contributed by atoms with Crippen LogP contribution in [-0.2, 0) is 6.42 Å². The van der Waals surface area contributed by atoms with Gasteiger partial charge in [-0.1, -0.05) is 35.3 Å². The van der Waals surface area contributed by atoms with E-state index in [1.54, 1.807) is 12.1 Å². The fraction of sp³-hybridized carbons (Fsp3) is 0.364. The lowest BCUT2D eigenvalue weighted by Gasteiger charge is -2.04. The number of carbonyl (C=O) groups is 1. The zero-order chi connectivity index (χ0) is 10.6. The Balaban J connectivity index is 2.84. The predicted molar refractivity (Wildman–Crippen MR) is 62.9 cm³/mol. The zero-order valence-corrected chi connectivity index (χ0v) is 10.4. The summed E-state index contributed by atoms with van der Waals surface area (Å²) in [5.41, 5.74) is 1.77. The third-order valence-electron chi connectivity index (χ3n) is 2.08. The van der Waals surface area contributed by atoms with Gasteiger partial charge in [0.1, 0.15) is 0 Å². The molecule has 1 rings (SSSR count). The summed E-state index contributed by atoms with van der Waals surface area (Å²) in [4.78, 5) is 10.9. The predicted octanol–water partition coefficient (Wildman–Crippen LogP) is 4.17. The molecule has 0 saturated carbocycles. The van der Waals surface area contributed by atoms with Crippen molar-refractivity contribution >= 4 is 32.8 Å². The van der Waals surface area contributed by atoms with Crippen LogP contribution in [0.25, 0.3) is 0 Å². The van der Waals surface area contributed by atoms with Crippen LogP contribution in [0.1, 0.15) is 35.7 Å². The molecule has 0 amide bonds. The van der Waals surface area contributed by atoms with Crippen LogP contribution in [0.4, 0.5) is 0 Å². The summed E-state index contributed by atoms with van der Waals surface area (Å²) in [6.07, 6.45) is 3.36. The first-order chi connectivity index (χ1) is 6.65. The number of hydrogen-bond donors (Lipinski definition) is 0. The van der Waals surface area contributed by atoms with Crippen molar-refractivity contribution in [3.05, 3.63) is 33.8 Å². The molecule has 14 heavy (non-hydrogen) atoms. The normalized spacial score (nSPS) is 10.2. The molecule has 0 heterocycles. The number of carbonyl (C=O) groups excluding carboxylic acids is 1. The second-order valence-electron chi connectivity index (χ2n) is 3.18. The molecule has 1 aromatic carbocycles. The van der Waals surface area contributed by atoms with Gasteiger partial charge in [0.25, 0.3) is 5.24 Å². The van der Waals surface area contributed by atoms with E-state index < -0.39 is 5.24 Å². The first kappa shape index (κ1) is 11.7. The molecule has 76 valence electrons. The van der Waals surface area contributed by atoms with Gasteiger partial charge in [0.15, 0.2) is 0 Å². The Bertz CT molecular complexity index is 336. The Morgan fingerprint density at radius 3 is 2.71 bits per heavy atom. The van der Waals surface area contributed by atoms with Crippen LogP contribution in [0.2, 0.25) is 0 Å². The third-order valence-corrected chi connectivity index (χ3v) is 3.04. The number of unbranched alkanes of at least 4 members (excludes halogenated alkanes) is 1. The molecule has 0 aliphatic heterocycles. The Kier molecular flexibility index (Phi) is 4.63. The summed E-state index contributed by atoms with van der Waals surface area (Å²) >= 11 is 8.81. The largest absolute Gasteiger partial charge is 0.276 e. The van der Waals surface area contributed by atoms with E-state index in [2.05, 4.69) is 22.9 Å². The number of aryl methyl sites for hydroxylation is 1. The van der Waals surface area contributed by atoms with E-state index in [1.807, 2.05) is 6.07 Å². The molecule has 1 aromatic rings. The van der Waals surface area contributed by atoms with Crippen LogP contribution >= 0.6 is 27.5 Å². The molecular weight excluding hydrogens is 263 g/mol. The second-order valence-corrected chi connectivity index (χ2v) is 4.38. The topological polar surface area (TPSA) is 17.1 Å². The van der Waals surface area contributed by atoms with E-state index in [4.69, 9.17) is 11.6 Å². The van der Waals surface area contributed by atoms with Crippen molar-refractivity contribution in [2.75, 3.05) is 0 Å². The maximum Gasteiger partial charge on any atom is 0.252 e. The molecular formula is C11H12BrClO. The summed E-state index contributed by atoms with van der Waals surface area (Å²) in [7, 11) is 0. The highest BCUT2D eigenvalue weighted by molar-refractivity contribution is 9.10. The quantitative estimate of drug-likeness (QED) is 0.754.